The van der Waals surface area contributed by atoms with Crippen molar-refractivity contribution in [2.75, 3.05) is 11.9 Å². The first-order chi connectivity index (χ1) is 22.3. The molecule has 8 rings (SSSR count). The number of fused-ring (bicyclic) bond motifs is 5. The summed E-state index contributed by atoms with van der Waals surface area (Å²) in [6.45, 7) is 5.67. The molecule has 1 N–H and O–H groups in total. The van der Waals surface area contributed by atoms with Crippen LogP contribution in [0, 0.1) is 42.9 Å². The van der Waals surface area contributed by atoms with E-state index in [2.05, 4.69) is 0 Å². The number of aromatic nitrogens is 2. The number of nitrogens with zero attached hydrogens (tertiary/aromatic N) is 4. The maximum atomic E-state index is 14.9. The fraction of sp³-hybridized carbons (Fsp3) is 0.361. The molecule has 2 aromatic carbocycles. The Labute approximate surface area is 280 Å². The van der Waals surface area contributed by atoms with Crippen LogP contribution in [0.1, 0.15) is 42.4 Å². The van der Waals surface area contributed by atoms with Gasteiger partial charge in [0.05, 0.1) is 28.0 Å². The Morgan fingerprint density at radius 1 is 0.979 bits per heavy atom. The molecule has 4 amide bonds. The topological polar surface area (TPSA) is 113 Å². The minimum absolute atomic E-state index is 0.135. The Morgan fingerprint density at radius 3 is 2.49 bits per heavy atom. The van der Waals surface area contributed by atoms with Crippen molar-refractivity contribution >= 4 is 62.5 Å². The number of thiophene rings is 1. The molecule has 240 valence electrons. The van der Waals surface area contributed by atoms with Gasteiger partial charge < -0.3 is 5.11 Å². The fourth-order valence-corrected chi connectivity index (χ4v) is 10.2. The highest BCUT2D eigenvalue weighted by atomic mass is 35.5. The van der Waals surface area contributed by atoms with E-state index in [0.717, 1.165) is 31.7 Å². The number of allylic oxidation sites excluding steroid dienone is 2. The number of carbonyl (C=O) groups is 4. The number of aryl methyl sites for hydroxylation is 3. The molecule has 6 atom stereocenters. The summed E-state index contributed by atoms with van der Waals surface area (Å²) < 4.78 is 2.64. The van der Waals surface area contributed by atoms with Crippen LogP contribution >= 0.6 is 22.9 Å². The van der Waals surface area contributed by atoms with Gasteiger partial charge in [-0.15, -0.1) is 11.3 Å². The molecule has 6 unspecified atom stereocenters. The summed E-state index contributed by atoms with van der Waals surface area (Å²) in [5.74, 6) is -3.29. The molecular weight excluding hydrogens is 636 g/mol. The van der Waals surface area contributed by atoms with E-state index in [1.54, 1.807) is 48.2 Å². The predicted molar refractivity (Wildman–Crippen MR) is 179 cm³/mol. The van der Waals surface area contributed by atoms with Crippen LogP contribution in [0.3, 0.4) is 0 Å². The van der Waals surface area contributed by atoms with Crippen LogP contribution in [0.25, 0.3) is 20.7 Å². The Hall–Kier alpha value is -4.28. The number of anilines is 1. The van der Waals surface area contributed by atoms with E-state index in [9.17, 15) is 24.3 Å². The number of benzene rings is 2. The van der Waals surface area contributed by atoms with Crippen molar-refractivity contribution in [3.05, 3.63) is 75.8 Å². The summed E-state index contributed by atoms with van der Waals surface area (Å²) in [5, 5.41) is 16.8. The number of hydrogen-bond acceptors (Lipinski definition) is 7. The molecule has 0 bridgehead atoms. The third-order valence-electron chi connectivity index (χ3n) is 11.3. The summed E-state index contributed by atoms with van der Waals surface area (Å²) in [4.78, 5) is 59.5. The maximum Gasteiger partial charge on any atom is 0.242 e. The first-order valence-corrected chi connectivity index (χ1v) is 16.9. The molecule has 2 saturated heterocycles. The molecule has 4 heterocycles. The number of phenols is 1. The van der Waals surface area contributed by atoms with E-state index in [4.69, 9.17) is 16.7 Å². The minimum Gasteiger partial charge on any atom is -0.508 e. The van der Waals surface area contributed by atoms with Gasteiger partial charge in [0.2, 0.25) is 23.6 Å². The lowest BCUT2D eigenvalue weighted by Gasteiger charge is -2.49. The Kier molecular flexibility index (Phi) is 6.47. The lowest BCUT2D eigenvalue weighted by atomic mass is 9.51. The zero-order chi connectivity index (χ0) is 33.3. The van der Waals surface area contributed by atoms with Gasteiger partial charge >= 0.3 is 0 Å². The van der Waals surface area contributed by atoms with Crippen LogP contribution < -0.4 is 4.90 Å². The number of imide groups is 2. The molecule has 9 nitrogen and oxygen atoms in total. The summed E-state index contributed by atoms with van der Waals surface area (Å²) in [5.41, 5.74) is 2.85. The third kappa shape index (κ3) is 3.97. The molecule has 47 heavy (non-hydrogen) atoms. The molecule has 4 aromatic rings. The highest BCUT2D eigenvalue weighted by molar-refractivity contribution is 7.22. The van der Waals surface area contributed by atoms with Gasteiger partial charge in [-0.25, -0.2) is 4.90 Å². The van der Waals surface area contributed by atoms with Crippen molar-refractivity contribution in [1.82, 2.24) is 14.7 Å². The molecular formula is C36H33ClN4O5S. The van der Waals surface area contributed by atoms with E-state index in [-0.39, 0.29) is 41.7 Å². The zero-order valence-corrected chi connectivity index (χ0v) is 28.1. The number of phenolic OH excluding ortho intramolecular Hbond substituents is 1. The largest absolute Gasteiger partial charge is 0.508 e. The van der Waals surface area contributed by atoms with E-state index < -0.39 is 29.1 Å². The highest BCUT2D eigenvalue weighted by Gasteiger charge is 2.67. The van der Waals surface area contributed by atoms with E-state index >= 15 is 0 Å². The van der Waals surface area contributed by atoms with Crippen LogP contribution in [0.15, 0.2) is 54.1 Å². The van der Waals surface area contributed by atoms with Crippen molar-refractivity contribution in [3.8, 4) is 16.3 Å². The maximum absolute atomic E-state index is 14.9. The molecule has 11 heteroatoms. The molecule has 1 saturated carbocycles. The summed E-state index contributed by atoms with van der Waals surface area (Å²) >= 11 is 7.87. The fourth-order valence-electron chi connectivity index (χ4n) is 8.84. The number of halogens is 1. The Bertz CT molecular complexity index is 2130. The molecule has 2 aliphatic heterocycles. The molecule has 2 aliphatic carbocycles. The van der Waals surface area contributed by atoms with E-state index in [0.29, 0.717) is 28.5 Å². The van der Waals surface area contributed by atoms with Crippen LogP contribution in [0.2, 0.25) is 5.02 Å². The second-order valence-electron chi connectivity index (χ2n) is 13.7. The third-order valence-corrected chi connectivity index (χ3v) is 12.8. The molecule has 2 aromatic heterocycles. The lowest BCUT2D eigenvalue weighted by Crippen LogP contribution is -2.48. The normalized spacial score (nSPS) is 28.6. The standard InChI is InChI=1S/C36H33ClN4O5S/c1-16-12-18(6-10-26(16)42)30-20-8-9-21-29(34(45)39(4)32(21)43)23(20)14-24-33(44)41(35(46)36(24,30)3)28-15-25(38-40(28)5)31-17(2)22-13-19(37)7-11-27(22)47-31/h6-8,10-13,15,21,23-24,29-30,42H,9,14H2,1-5H3. The number of hydrogen-bond donors (Lipinski definition) is 1. The van der Waals surface area contributed by atoms with Crippen molar-refractivity contribution in [2.45, 2.75) is 39.5 Å². The van der Waals surface area contributed by atoms with E-state index in [1.807, 2.05) is 44.2 Å². The highest BCUT2D eigenvalue weighted by Crippen LogP contribution is 2.63. The van der Waals surface area contributed by atoms with Gasteiger partial charge in [-0.3, -0.25) is 28.8 Å². The van der Waals surface area contributed by atoms with Crippen LogP contribution in [0.4, 0.5) is 5.82 Å². The van der Waals surface area contributed by atoms with Gasteiger partial charge in [0.15, 0.2) is 0 Å². The molecule has 0 spiro atoms. The number of rotatable bonds is 3. The van der Waals surface area contributed by atoms with Crippen molar-refractivity contribution in [3.63, 3.8) is 0 Å². The van der Waals surface area contributed by atoms with Gasteiger partial charge in [0.25, 0.3) is 0 Å². The number of aromatic hydroxyl groups is 1. The average molecular weight is 669 g/mol. The van der Waals surface area contributed by atoms with Crippen molar-refractivity contribution in [2.24, 2.45) is 36.1 Å². The summed E-state index contributed by atoms with van der Waals surface area (Å²) in [6.07, 6.45) is 2.71. The van der Waals surface area contributed by atoms with Crippen molar-refractivity contribution < 1.29 is 24.3 Å². The molecule has 0 radical (unpaired) electrons. The smallest absolute Gasteiger partial charge is 0.242 e. The first-order valence-electron chi connectivity index (χ1n) is 15.7. The van der Waals surface area contributed by atoms with Gasteiger partial charge in [0, 0.05) is 35.8 Å². The SMILES string of the molecule is Cc1cc(C2C3=CCC4C(=O)N(C)C(=O)C4C3CC3C(=O)N(c4cc(-c5sc6ccc(Cl)cc6c5C)nn4C)C(=O)C32C)ccc1O. The Morgan fingerprint density at radius 2 is 1.74 bits per heavy atom. The molecule has 4 aliphatic rings. The monoisotopic (exact) mass is 668 g/mol. The number of carbonyl (C=O) groups excluding carboxylic acids is 4. The van der Waals surface area contributed by atoms with Crippen LogP contribution in [-0.2, 0) is 26.2 Å². The summed E-state index contributed by atoms with van der Waals surface area (Å²) in [7, 11) is 3.25. The quantitative estimate of drug-likeness (QED) is 0.207. The lowest BCUT2D eigenvalue weighted by molar-refractivity contribution is -0.138. The van der Waals surface area contributed by atoms with Gasteiger partial charge in [-0.2, -0.15) is 5.10 Å². The predicted octanol–water partition coefficient (Wildman–Crippen LogP) is 6.14. The van der Waals surface area contributed by atoms with Gasteiger partial charge in [-0.05, 0) is 85.9 Å². The average Bonchev–Trinajstić information content (AvgIpc) is 3.70. The minimum atomic E-state index is -1.18. The molecule has 3 fully saturated rings. The second-order valence-corrected chi connectivity index (χ2v) is 15.1. The first kappa shape index (κ1) is 30.1. The Balaban J connectivity index is 1.26. The van der Waals surface area contributed by atoms with E-state index in [1.165, 1.54) is 16.8 Å². The second kappa shape index (κ2) is 10.1. The van der Waals surface area contributed by atoms with Crippen LogP contribution in [0.5, 0.6) is 5.75 Å². The van der Waals surface area contributed by atoms with Gasteiger partial charge in [-0.1, -0.05) is 35.4 Å². The van der Waals surface area contributed by atoms with Crippen LogP contribution in [-0.4, -0.2) is 50.5 Å². The number of likely N-dealkylation sites (tertiary alicyclic amines) is 1. The summed E-state index contributed by atoms with van der Waals surface area (Å²) in [6, 6.07) is 12.8. The zero-order valence-electron chi connectivity index (χ0n) is 26.6. The number of amides is 4. The van der Waals surface area contributed by atoms with Crippen molar-refractivity contribution in [1.29, 1.82) is 0 Å². The van der Waals surface area contributed by atoms with Gasteiger partial charge in [0.1, 0.15) is 17.3 Å².